The van der Waals surface area contributed by atoms with Gasteiger partial charge in [-0.2, -0.15) is 0 Å². The predicted octanol–water partition coefficient (Wildman–Crippen LogP) is 4.01. The van der Waals surface area contributed by atoms with Gasteiger partial charge in [0.15, 0.2) is 0 Å². The minimum Gasteiger partial charge on any atom is -0.478 e. The molecule has 0 unspecified atom stereocenters. The highest BCUT2D eigenvalue weighted by atomic mass is 16.6. The quantitative estimate of drug-likeness (QED) is 0.456. The average molecular weight is 469 g/mol. The van der Waals surface area contributed by atoms with Crippen molar-refractivity contribution in [1.29, 1.82) is 0 Å². The number of carbonyl (C=O) groups excluding carboxylic acids is 3. The van der Waals surface area contributed by atoms with E-state index in [9.17, 15) is 24.3 Å². The van der Waals surface area contributed by atoms with Gasteiger partial charge >= 0.3 is 23.9 Å². The minimum absolute atomic E-state index is 0.0982. The molecule has 0 spiro atoms. The Morgan fingerprint density at radius 1 is 0.735 bits per heavy atom. The molecule has 0 heterocycles. The summed E-state index contributed by atoms with van der Waals surface area (Å²) in [5.74, 6) is -4.59. The maximum absolute atomic E-state index is 13.0. The summed E-state index contributed by atoms with van der Waals surface area (Å²) in [5, 5.41) is 9.78. The first kappa shape index (κ1) is 25.0. The van der Waals surface area contributed by atoms with Crippen LogP contribution in [0.2, 0.25) is 0 Å². The number of benzene rings is 2. The van der Waals surface area contributed by atoms with Crippen LogP contribution in [-0.4, -0.2) is 47.3 Å². The molecule has 1 saturated carbocycles. The maximum Gasteiger partial charge on any atom is 0.352 e. The first-order chi connectivity index (χ1) is 16.2. The van der Waals surface area contributed by atoms with E-state index in [1.54, 1.807) is 24.3 Å². The molecule has 0 radical (unpaired) electrons. The van der Waals surface area contributed by atoms with Crippen LogP contribution in [0.5, 0.6) is 0 Å². The van der Waals surface area contributed by atoms with Crippen molar-refractivity contribution >= 4 is 23.9 Å². The number of carboxylic acids is 1. The van der Waals surface area contributed by atoms with Gasteiger partial charge in [-0.3, -0.25) is 0 Å². The van der Waals surface area contributed by atoms with E-state index in [-0.39, 0.29) is 11.1 Å². The van der Waals surface area contributed by atoms with Crippen LogP contribution in [-0.2, 0) is 23.8 Å². The van der Waals surface area contributed by atoms with E-state index in [4.69, 9.17) is 14.2 Å². The van der Waals surface area contributed by atoms with Crippen molar-refractivity contribution in [2.24, 2.45) is 0 Å². The molecule has 1 aliphatic carbocycles. The molecule has 0 aromatic heterocycles. The Kier molecular flexibility index (Phi) is 8.40. The number of hydrogen-bond donors (Lipinski definition) is 1. The lowest BCUT2D eigenvalue weighted by atomic mass is 9.98. The summed E-state index contributed by atoms with van der Waals surface area (Å²) < 4.78 is 15.9. The van der Waals surface area contributed by atoms with Crippen molar-refractivity contribution in [2.45, 2.75) is 64.3 Å². The highest BCUT2D eigenvalue weighted by molar-refractivity contribution is 5.95. The highest BCUT2D eigenvalue weighted by Crippen LogP contribution is 2.22. The van der Waals surface area contributed by atoms with Gasteiger partial charge in [-0.25, -0.2) is 19.2 Å². The van der Waals surface area contributed by atoms with Gasteiger partial charge in [0.05, 0.1) is 11.1 Å². The summed E-state index contributed by atoms with van der Waals surface area (Å²) in [5.41, 5.74) is 2.02. The predicted molar refractivity (Wildman–Crippen MR) is 121 cm³/mol. The Labute approximate surface area is 197 Å². The van der Waals surface area contributed by atoms with Crippen LogP contribution in [0.4, 0.5) is 0 Å². The molecular weight excluding hydrogens is 440 g/mol. The third kappa shape index (κ3) is 6.66. The monoisotopic (exact) mass is 468 g/mol. The molecule has 180 valence electrons. The first-order valence-electron chi connectivity index (χ1n) is 11.2. The second-order valence-corrected chi connectivity index (χ2v) is 8.42. The number of aryl methyl sites for hydroxylation is 2. The third-order valence-corrected chi connectivity index (χ3v) is 5.63. The van der Waals surface area contributed by atoms with Gasteiger partial charge in [-0.15, -0.1) is 0 Å². The number of aliphatic carboxylic acids is 1. The molecule has 0 saturated heterocycles. The van der Waals surface area contributed by atoms with Crippen molar-refractivity contribution in [3.05, 3.63) is 70.8 Å². The van der Waals surface area contributed by atoms with Crippen molar-refractivity contribution in [1.82, 2.24) is 0 Å². The summed E-state index contributed by atoms with van der Waals surface area (Å²) in [6.07, 6.45) is -0.443. The molecule has 0 aliphatic heterocycles. The number of carboxylic acid groups (broad SMARTS) is 1. The van der Waals surface area contributed by atoms with Gasteiger partial charge in [0.2, 0.25) is 12.2 Å². The fraction of sp³-hybridized carbons (Fsp3) is 0.385. The SMILES string of the molecule is Cc1ccc(C(=O)O[C@H](C(=O)O)[C@H](OC(=O)c2ccc(C)cc2)C(=O)OC2CCCCC2)cc1. The Morgan fingerprint density at radius 3 is 1.62 bits per heavy atom. The molecule has 34 heavy (non-hydrogen) atoms. The highest BCUT2D eigenvalue weighted by Gasteiger charge is 2.43. The Balaban J connectivity index is 1.84. The van der Waals surface area contributed by atoms with E-state index in [1.165, 1.54) is 24.3 Å². The fourth-order valence-corrected chi connectivity index (χ4v) is 3.64. The standard InChI is InChI=1S/C26H28O8/c1-16-8-12-18(13-9-16)24(29)33-21(23(27)28)22(26(31)32-20-6-4-3-5-7-20)34-25(30)19-14-10-17(2)11-15-19/h8-15,20-22H,3-7H2,1-2H3,(H,27,28)/t21-,22-/m0/s1. The number of carbonyl (C=O) groups is 4. The number of esters is 3. The zero-order chi connectivity index (χ0) is 24.7. The van der Waals surface area contributed by atoms with Crippen LogP contribution in [0.15, 0.2) is 48.5 Å². The molecule has 0 amide bonds. The van der Waals surface area contributed by atoms with Crippen LogP contribution >= 0.6 is 0 Å². The van der Waals surface area contributed by atoms with Crippen LogP contribution in [0.25, 0.3) is 0 Å². The normalized spacial score (nSPS) is 15.6. The summed E-state index contributed by atoms with van der Waals surface area (Å²) in [4.78, 5) is 50.4. The lowest BCUT2D eigenvalue weighted by molar-refractivity contribution is -0.175. The molecule has 3 rings (SSSR count). The van der Waals surface area contributed by atoms with Crippen molar-refractivity contribution in [3.8, 4) is 0 Å². The van der Waals surface area contributed by atoms with Gasteiger partial charge < -0.3 is 19.3 Å². The summed E-state index contributed by atoms with van der Waals surface area (Å²) in [7, 11) is 0. The van der Waals surface area contributed by atoms with Crippen LogP contribution in [0, 0.1) is 13.8 Å². The van der Waals surface area contributed by atoms with E-state index >= 15 is 0 Å². The van der Waals surface area contributed by atoms with Crippen molar-refractivity contribution in [2.75, 3.05) is 0 Å². The summed E-state index contributed by atoms with van der Waals surface area (Å²) >= 11 is 0. The molecule has 1 fully saturated rings. The van der Waals surface area contributed by atoms with Crippen molar-refractivity contribution < 1.29 is 38.5 Å². The second kappa shape index (κ2) is 11.4. The summed E-state index contributed by atoms with van der Waals surface area (Å²) in [6.45, 7) is 3.67. The molecule has 0 bridgehead atoms. The minimum atomic E-state index is -2.08. The lowest BCUT2D eigenvalue weighted by Crippen LogP contribution is -2.47. The summed E-state index contributed by atoms with van der Waals surface area (Å²) in [6, 6.07) is 12.6. The Morgan fingerprint density at radius 2 is 1.18 bits per heavy atom. The molecule has 2 aromatic rings. The number of hydrogen-bond acceptors (Lipinski definition) is 7. The van der Waals surface area contributed by atoms with Gasteiger partial charge in [0.25, 0.3) is 0 Å². The molecule has 2 aromatic carbocycles. The lowest BCUT2D eigenvalue weighted by Gasteiger charge is -2.27. The zero-order valence-electron chi connectivity index (χ0n) is 19.2. The third-order valence-electron chi connectivity index (χ3n) is 5.63. The van der Waals surface area contributed by atoms with Gasteiger partial charge in [-0.1, -0.05) is 41.8 Å². The Hall–Kier alpha value is -3.68. The van der Waals surface area contributed by atoms with Crippen molar-refractivity contribution in [3.63, 3.8) is 0 Å². The van der Waals surface area contributed by atoms with E-state index in [1.807, 2.05) is 13.8 Å². The molecule has 8 heteroatoms. The molecule has 1 aliphatic rings. The van der Waals surface area contributed by atoms with E-state index in [0.717, 1.165) is 30.4 Å². The number of rotatable bonds is 8. The van der Waals surface area contributed by atoms with E-state index in [0.29, 0.717) is 12.8 Å². The fourth-order valence-electron chi connectivity index (χ4n) is 3.64. The van der Waals surface area contributed by atoms with E-state index < -0.39 is 42.2 Å². The first-order valence-corrected chi connectivity index (χ1v) is 11.2. The maximum atomic E-state index is 13.0. The second-order valence-electron chi connectivity index (χ2n) is 8.42. The average Bonchev–Trinajstić information content (AvgIpc) is 2.82. The van der Waals surface area contributed by atoms with Crippen LogP contribution in [0.3, 0.4) is 0 Å². The molecule has 8 nitrogen and oxygen atoms in total. The van der Waals surface area contributed by atoms with Gasteiger partial charge in [0, 0.05) is 0 Å². The topological polar surface area (TPSA) is 116 Å². The van der Waals surface area contributed by atoms with Gasteiger partial charge in [0.1, 0.15) is 6.10 Å². The molecule has 1 N–H and O–H groups in total. The largest absolute Gasteiger partial charge is 0.478 e. The van der Waals surface area contributed by atoms with Crippen LogP contribution in [0.1, 0.15) is 63.9 Å². The van der Waals surface area contributed by atoms with E-state index in [2.05, 4.69) is 0 Å². The van der Waals surface area contributed by atoms with Crippen LogP contribution < -0.4 is 0 Å². The zero-order valence-corrected chi connectivity index (χ0v) is 19.2. The molecular formula is C26H28O8. The number of ether oxygens (including phenoxy) is 3. The smallest absolute Gasteiger partial charge is 0.352 e. The van der Waals surface area contributed by atoms with Gasteiger partial charge in [-0.05, 0) is 63.8 Å². The molecule has 2 atom stereocenters. The Bertz CT molecular complexity index is 1020.